The van der Waals surface area contributed by atoms with E-state index in [2.05, 4.69) is 0 Å². The first-order valence-electron chi connectivity index (χ1n) is 1.53. The van der Waals surface area contributed by atoms with Crippen LogP contribution < -0.4 is 0 Å². The summed E-state index contributed by atoms with van der Waals surface area (Å²) in [4.78, 5) is 31.7. The summed E-state index contributed by atoms with van der Waals surface area (Å²) in [5, 5.41) is 0. The first-order valence-corrected chi connectivity index (χ1v) is 6.78. The fraction of sp³-hybridized carbons (Fsp3) is 0. The maximum absolute atomic E-state index is 9.81. The van der Waals surface area contributed by atoms with Gasteiger partial charge in [-0.3, -0.25) is 0 Å². The smallest absolute Gasteiger partial charge is 0.316 e. The molecule has 0 aromatic rings. The Morgan fingerprint density at radius 2 is 1.10 bits per heavy atom. The van der Waals surface area contributed by atoms with Crippen molar-refractivity contribution in [3.8, 4) is 0 Å². The molecule has 0 bridgehead atoms. The largest absolute Gasteiger partial charge is 0.395 e. The van der Waals surface area contributed by atoms with Crippen molar-refractivity contribution in [3.05, 3.63) is 0 Å². The summed E-state index contributed by atoms with van der Waals surface area (Å²) in [7, 11) is 0. The van der Waals surface area contributed by atoms with Crippen molar-refractivity contribution in [2.24, 2.45) is 0 Å². The van der Waals surface area contributed by atoms with Gasteiger partial charge < -0.3 is 19.6 Å². The molecule has 66 valence electrons. The van der Waals surface area contributed by atoms with Gasteiger partial charge in [0, 0.05) is 16.5 Å². The summed E-state index contributed by atoms with van der Waals surface area (Å²) in [6, 6.07) is 0. The van der Waals surface area contributed by atoms with Gasteiger partial charge in [0.15, 0.2) is 0 Å². The minimum absolute atomic E-state index is 0. The Kier molecular flexibility index (Phi) is 5.81. The van der Waals surface area contributed by atoms with Crippen LogP contribution in [0.25, 0.3) is 0 Å². The van der Waals surface area contributed by atoms with Crippen molar-refractivity contribution in [2.75, 3.05) is 0 Å². The predicted molar refractivity (Wildman–Crippen MR) is 31.7 cm³/mol. The van der Waals surface area contributed by atoms with Crippen LogP contribution >= 0.6 is 24.6 Å². The molecule has 0 rings (SSSR count). The van der Waals surface area contributed by atoms with Crippen LogP contribution in [0.5, 0.6) is 0 Å². The quantitative estimate of drug-likeness (QED) is 0.401. The van der Waals surface area contributed by atoms with E-state index in [0.717, 1.165) is 0 Å². The van der Waals surface area contributed by atoms with E-state index in [1.165, 1.54) is 0 Å². The predicted octanol–water partition coefficient (Wildman–Crippen LogP) is -0.0975. The molecule has 0 saturated heterocycles. The van der Waals surface area contributed by atoms with Gasteiger partial charge in [-0.15, -0.1) is 0 Å². The van der Waals surface area contributed by atoms with Gasteiger partial charge in [0.2, 0.25) is 0 Å². The molecule has 0 atom stereocenters. The van der Waals surface area contributed by atoms with E-state index in [1.54, 1.807) is 0 Å². The van der Waals surface area contributed by atoms with E-state index in [0.29, 0.717) is 0 Å². The summed E-state index contributed by atoms with van der Waals surface area (Å²) >= 11 is -0.653. The fourth-order valence-corrected chi connectivity index (χ4v) is 3.74. The second-order valence-electron chi connectivity index (χ2n) is 1.06. The number of hydrogen-bond donors (Lipinski definition) is 4. The second kappa shape index (κ2) is 4.24. The maximum Gasteiger partial charge on any atom is 0.395 e. The van der Waals surface area contributed by atoms with Gasteiger partial charge in [0.1, 0.15) is 0 Å². The molecule has 10 heteroatoms. The van der Waals surface area contributed by atoms with Crippen molar-refractivity contribution in [1.82, 2.24) is 0 Å². The van der Waals surface area contributed by atoms with Crippen LogP contribution in [0.2, 0.25) is 0 Å². The Bertz CT molecular complexity index is 156. The average Bonchev–Trinajstić information content (AvgIpc) is 1.14. The van der Waals surface area contributed by atoms with Gasteiger partial charge in [0.25, 0.3) is 0 Å². The Morgan fingerprint density at radius 1 is 0.900 bits per heavy atom. The van der Waals surface area contributed by atoms with E-state index < -0.39 is 24.6 Å². The minimum atomic E-state index is -4.63. The molecule has 0 aromatic carbocycles. The Morgan fingerprint density at radius 3 is 1.10 bits per heavy atom. The van der Waals surface area contributed by atoms with Gasteiger partial charge in [-0.1, -0.05) is 0 Å². The first-order chi connectivity index (χ1) is 3.71. The topological polar surface area (TPSA) is 115 Å². The Labute approximate surface area is 70.1 Å². The summed E-state index contributed by atoms with van der Waals surface area (Å²) < 4.78 is 19.6. The summed E-state index contributed by atoms with van der Waals surface area (Å²) in [5.74, 6) is 0. The van der Waals surface area contributed by atoms with Crippen molar-refractivity contribution in [2.45, 2.75) is 0 Å². The van der Waals surface area contributed by atoms with Crippen LogP contribution in [0.1, 0.15) is 0 Å². The molecule has 0 heterocycles. The molecule has 6 nitrogen and oxygen atoms in total. The molecule has 0 fully saturated rings. The third-order valence-corrected chi connectivity index (χ3v) is 5.74. The van der Waals surface area contributed by atoms with Gasteiger partial charge >= 0.3 is 13.6 Å². The molecule has 0 spiro atoms. The van der Waals surface area contributed by atoms with E-state index in [9.17, 15) is 9.13 Å². The molecule has 0 radical (unpaired) electrons. The van der Waals surface area contributed by atoms with Crippen LogP contribution in [0.15, 0.2) is 0 Å². The molecule has 4 N–H and O–H groups in total. The summed E-state index contributed by atoms with van der Waals surface area (Å²) in [5.41, 5.74) is 0. The van der Waals surface area contributed by atoms with Gasteiger partial charge in [0.05, 0.1) is 11.0 Å². The van der Waals surface area contributed by atoms with Gasteiger partial charge in [-0.05, 0) is 0 Å². The zero-order valence-electron chi connectivity index (χ0n) is 4.22. The molecule has 0 unspecified atom stereocenters. The van der Waals surface area contributed by atoms with Crippen LogP contribution in [0.3, 0.4) is 0 Å². The Hall–Kier alpha value is 1.14. The van der Waals surface area contributed by atoms with E-state index in [-0.39, 0.29) is 16.5 Å². The van der Waals surface area contributed by atoms with E-state index >= 15 is 0 Å². The van der Waals surface area contributed by atoms with Crippen LogP contribution in [-0.4, -0.2) is 19.6 Å². The van der Waals surface area contributed by atoms with Gasteiger partial charge in [-0.25, -0.2) is 9.13 Å². The molecule has 0 aliphatic rings. The monoisotopic (exact) mass is 252 g/mol. The standard InChI is InChI=1S/Ni.H4O6P2S/c;1-7(2,3)9-8(4,5)6/h;(H2,1,2,3)(H2,4,5,6). The summed E-state index contributed by atoms with van der Waals surface area (Å²) in [6.45, 7) is -9.27. The van der Waals surface area contributed by atoms with Gasteiger partial charge in [-0.2, -0.15) is 0 Å². The molecule has 0 saturated carbocycles. The molecular formula is H4NiO6P2S. The van der Waals surface area contributed by atoms with Crippen molar-refractivity contribution < 1.29 is 45.2 Å². The number of hydrogen-bond acceptors (Lipinski definition) is 3. The molecule has 10 heavy (non-hydrogen) atoms. The zero-order valence-corrected chi connectivity index (χ0v) is 7.82. The SMILES string of the molecule is O=P(O)(O)SP(=O)(O)O.[Ni]. The third-order valence-electron chi connectivity index (χ3n) is 0.213. The minimum Gasteiger partial charge on any atom is -0.316 e. The van der Waals surface area contributed by atoms with E-state index in [4.69, 9.17) is 19.6 Å². The van der Waals surface area contributed by atoms with Crippen molar-refractivity contribution in [3.63, 3.8) is 0 Å². The molecule has 0 aliphatic heterocycles. The van der Waals surface area contributed by atoms with Crippen LogP contribution in [-0.2, 0) is 25.6 Å². The van der Waals surface area contributed by atoms with Crippen LogP contribution in [0, 0.1) is 0 Å². The Balaban J connectivity index is 0. The average molecular weight is 253 g/mol. The third kappa shape index (κ3) is 11.9. The van der Waals surface area contributed by atoms with Crippen molar-refractivity contribution in [1.29, 1.82) is 0 Å². The van der Waals surface area contributed by atoms with Crippen LogP contribution in [0.4, 0.5) is 0 Å². The number of rotatable bonds is 2. The molecule has 0 aromatic heterocycles. The normalized spacial score (nSPS) is 12.4. The molecular weight excluding hydrogens is 249 g/mol. The maximum atomic E-state index is 9.81. The summed E-state index contributed by atoms with van der Waals surface area (Å²) in [6.07, 6.45) is 0. The van der Waals surface area contributed by atoms with Crippen molar-refractivity contribution >= 4 is 24.6 Å². The second-order valence-corrected chi connectivity index (χ2v) is 8.00. The molecule has 0 aliphatic carbocycles. The van der Waals surface area contributed by atoms with E-state index in [1.807, 2.05) is 0 Å². The molecule has 0 amide bonds. The fourth-order valence-electron chi connectivity index (χ4n) is 0.139. The zero-order chi connectivity index (χ0) is 7.71. The first kappa shape index (κ1) is 13.7.